The van der Waals surface area contributed by atoms with Crippen molar-refractivity contribution in [2.75, 3.05) is 13.7 Å². The fraction of sp³-hybridized carbons (Fsp3) is 1.00. The van der Waals surface area contributed by atoms with E-state index in [1.54, 1.807) is 0 Å². The molecule has 0 aromatic heterocycles. The molecule has 0 amide bonds. The third-order valence-corrected chi connectivity index (χ3v) is 1.63. The van der Waals surface area contributed by atoms with E-state index in [9.17, 15) is 0 Å². The molecule has 0 bridgehead atoms. The zero-order valence-corrected chi connectivity index (χ0v) is 7.48. The molecule has 0 aromatic rings. The van der Waals surface area contributed by atoms with Gasteiger partial charge in [0.1, 0.15) is 0 Å². The molecule has 0 heterocycles. The molecule has 62 valence electrons. The van der Waals surface area contributed by atoms with E-state index in [-0.39, 0.29) is 0 Å². The van der Waals surface area contributed by atoms with Crippen LogP contribution >= 0.6 is 0 Å². The molecule has 0 spiro atoms. The van der Waals surface area contributed by atoms with Crippen molar-refractivity contribution in [1.82, 2.24) is 5.32 Å². The number of hydrogen-bond donors (Lipinski definition) is 1. The average molecular weight is 145 g/mol. The topological polar surface area (TPSA) is 21.3 Å². The molecule has 0 aromatic carbocycles. The van der Waals surface area contributed by atoms with Gasteiger partial charge in [0.05, 0.1) is 6.10 Å². The van der Waals surface area contributed by atoms with Crippen molar-refractivity contribution in [3.63, 3.8) is 0 Å². The van der Waals surface area contributed by atoms with E-state index in [2.05, 4.69) is 19.2 Å². The fourth-order valence-corrected chi connectivity index (χ4v) is 0.968. The van der Waals surface area contributed by atoms with Gasteiger partial charge in [0.25, 0.3) is 0 Å². The van der Waals surface area contributed by atoms with Crippen molar-refractivity contribution >= 4 is 0 Å². The van der Waals surface area contributed by atoms with Crippen LogP contribution in [0.4, 0.5) is 0 Å². The van der Waals surface area contributed by atoms with E-state index in [1.807, 2.05) is 14.0 Å². The molecule has 0 aliphatic carbocycles. The van der Waals surface area contributed by atoms with Crippen LogP contribution in [0.25, 0.3) is 0 Å². The summed E-state index contributed by atoms with van der Waals surface area (Å²) in [5.41, 5.74) is 0. The molecule has 0 fully saturated rings. The number of rotatable bonds is 5. The first kappa shape index (κ1) is 9.92. The van der Waals surface area contributed by atoms with E-state index < -0.39 is 0 Å². The highest BCUT2D eigenvalue weighted by Crippen LogP contribution is 2.00. The number of nitrogens with one attached hydrogen (secondary N) is 1. The normalized spacial score (nSPS) is 16.8. The Bertz CT molecular complexity index is 75.7. The van der Waals surface area contributed by atoms with Crippen LogP contribution in [0.3, 0.4) is 0 Å². The highest BCUT2D eigenvalue weighted by atomic mass is 16.5. The van der Waals surface area contributed by atoms with Gasteiger partial charge in [-0.1, -0.05) is 0 Å². The summed E-state index contributed by atoms with van der Waals surface area (Å²) in [5.74, 6) is 0. The van der Waals surface area contributed by atoms with Crippen molar-refractivity contribution < 1.29 is 4.74 Å². The first-order chi connectivity index (χ1) is 4.70. The van der Waals surface area contributed by atoms with Gasteiger partial charge in [-0.15, -0.1) is 0 Å². The molecule has 2 atom stereocenters. The predicted octanol–water partition coefficient (Wildman–Crippen LogP) is 1.41. The van der Waals surface area contributed by atoms with Crippen LogP contribution in [-0.2, 0) is 4.74 Å². The molecule has 2 nitrogen and oxygen atoms in total. The molecule has 0 radical (unpaired) electrons. The van der Waals surface area contributed by atoms with Crippen molar-refractivity contribution in [3.05, 3.63) is 0 Å². The third kappa shape index (κ3) is 4.77. The largest absolute Gasteiger partial charge is 0.379 e. The molecule has 0 aliphatic rings. The van der Waals surface area contributed by atoms with E-state index in [0.717, 1.165) is 13.0 Å². The lowest BCUT2D eigenvalue weighted by atomic mass is 10.1. The Kier molecular flexibility index (Phi) is 5.64. The van der Waals surface area contributed by atoms with Crippen molar-refractivity contribution in [1.29, 1.82) is 0 Å². The monoisotopic (exact) mass is 145 g/mol. The Morgan fingerprint density at radius 2 is 2.00 bits per heavy atom. The SMILES string of the molecule is CCOC(C)CC(C)NC. The van der Waals surface area contributed by atoms with Crippen LogP contribution in [0, 0.1) is 0 Å². The smallest absolute Gasteiger partial charge is 0.0561 e. The fourth-order valence-electron chi connectivity index (χ4n) is 0.968. The van der Waals surface area contributed by atoms with Crippen LogP contribution in [0.15, 0.2) is 0 Å². The van der Waals surface area contributed by atoms with Crippen molar-refractivity contribution in [2.45, 2.75) is 39.3 Å². The molecular weight excluding hydrogens is 126 g/mol. The minimum absolute atomic E-state index is 0.382. The number of hydrogen-bond acceptors (Lipinski definition) is 2. The lowest BCUT2D eigenvalue weighted by molar-refractivity contribution is 0.0644. The second-order valence-electron chi connectivity index (χ2n) is 2.69. The number of ether oxygens (including phenoxy) is 1. The van der Waals surface area contributed by atoms with Crippen LogP contribution in [-0.4, -0.2) is 25.8 Å². The van der Waals surface area contributed by atoms with Crippen LogP contribution in [0.1, 0.15) is 27.2 Å². The summed E-state index contributed by atoms with van der Waals surface area (Å²) in [4.78, 5) is 0. The van der Waals surface area contributed by atoms with Gasteiger partial charge in [-0.2, -0.15) is 0 Å². The Morgan fingerprint density at radius 3 is 2.40 bits per heavy atom. The molecule has 1 N–H and O–H groups in total. The van der Waals surface area contributed by atoms with E-state index in [0.29, 0.717) is 12.1 Å². The quantitative estimate of drug-likeness (QED) is 0.631. The highest BCUT2D eigenvalue weighted by molar-refractivity contribution is 4.61. The summed E-state index contributed by atoms with van der Waals surface area (Å²) < 4.78 is 5.37. The second kappa shape index (κ2) is 5.69. The first-order valence-corrected chi connectivity index (χ1v) is 3.99. The summed E-state index contributed by atoms with van der Waals surface area (Å²) in [7, 11) is 1.98. The van der Waals surface area contributed by atoms with Gasteiger partial charge >= 0.3 is 0 Å². The van der Waals surface area contributed by atoms with Gasteiger partial charge in [0.2, 0.25) is 0 Å². The molecule has 0 aliphatic heterocycles. The maximum atomic E-state index is 5.37. The summed E-state index contributed by atoms with van der Waals surface area (Å²) in [6, 6.07) is 0.557. The highest BCUT2D eigenvalue weighted by Gasteiger charge is 2.04. The molecule has 2 unspecified atom stereocenters. The molecule has 0 saturated heterocycles. The minimum atomic E-state index is 0.382. The van der Waals surface area contributed by atoms with Crippen molar-refractivity contribution in [2.24, 2.45) is 0 Å². The molecule has 0 rings (SSSR count). The van der Waals surface area contributed by atoms with Gasteiger partial charge in [0.15, 0.2) is 0 Å². The van der Waals surface area contributed by atoms with Gasteiger partial charge in [-0.05, 0) is 34.2 Å². The third-order valence-electron chi connectivity index (χ3n) is 1.63. The Labute approximate surface area is 64.0 Å². The van der Waals surface area contributed by atoms with Gasteiger partial charge in [-0.25, -0.2) is 0 Å². The molecule has 10 heavy (non-hydrogen) atoms. The summed E-state index contributed by atoms with van der Waals surface area (Å²) in [6.45, 7) is 7.12. The Morgan fingerprint density at radius 1 is 1.40 bits per heavy atom. The lowest BCUT2D eigenvalue weighted by Gasteiger charge is -2.16. The van der Waals surface area contributed by atoms with E-state index in [4.69, 9.17) is 4.74 Å². The standard InChI is InChI=1S/C8H19NO/c1-5-10-8(3)6-7(2)9-4/h7-9H,5-6H2,1-4H3. The van der Waals surface area contributed by atoms with Gasteiger partial charge in [0, 0.05) is 12.6 Å². The Balaban J connectivity index is 3.27. The zero-order chi connectivity index (χ0) is 7.98. The maximum Gasteiger partial charge on any atom is 0.0561 e. The van der Waals surface area contributed by atoms with E-state index >= 15 is 0 Å². The van der Waals surface area contributed by atoms with Crippen LogP contribution in [0.2, 0.25) is 0 Å². The zero-order valence-electron chi connectivity index (χ0n) is 7.48. The minimum Gasteiger partial charge on any atom is -0.379 e. The summed E-state index contributed by atoms with van der Waals surface area (Å²) in [5, 5.41) is 3.17. The second-order valence-corrected chi connectivity index (χ2v) is 2.69. The van der Waals surface area contributed by atoms with Crippen LogP contribution < -0.4 is 5.32 Å². The maximum absolute atomic E-state index is 5.37. The molecule has 2 heteroatoms. The summed E-state index contributed by atoms with van der Waals surface area (Å²) >= 11 is 0. The lowest BCUT2D eigenvalue weighted by Crippen LogP contribution is -2.26. The summed E-state index contributed by atoms with van der Waals surface area (Å²) in [6.07, 6.45) is 1.47. The van der Waals surface area contributed by atoms with Crippen molar-refractivity contribution in [3.8, 4) is 0 Å². The van der Waals surface area contributed by atoms with Gasteiger partial charge < -0.3 is 10.1 Å². The average Bonchev–Trinajstić information content (AvgIpc) is 1.88. The Hall–Kier alpha value is -0.0800. The molecular formula is C8H19NO. The predicted molar refractivity (Wildman–Crippen MR) is 44.2 cm³/mol. The molecule has 0 saturated carbocycles. The first-order valence-electron chi connectivity index (χ1n) is 3.99. The van der Waals surface area contributed by atoms with Crippen LogP contribution in [0.5, 0.6) is 0 Å². The van der Waals surface area contributed by atoms with E-state index in [1.165, 1.54) is 0 Å². The van der Waals surface area contributed by atoms with Gasteiger partial charge in [-0.3, -0.25) is 0 Å².